The molecular formula is C22H30N4O2+2. The van der Waals surface area contributed by atoms with Crippen molar-refractivity contribution in [3.05, 3.63) is 71.8 Å². The Morgan fingerprint density at radius 1 is 1.00 bits per heavy atom. The molecule has 5 N–H and O–H groups in total. The van der Waals surface area contributed by atoms with E-state index in [1.807, 2.05) is 6.07 Å². The number of phenolic OH excluding ortho intramolecular Hbond substituents is 1. The summed E-state index contributed by atoms with van der Waals surface area (Å²) in [5, 5.41) is 9.83. The van der Waals surface area contributed by atoms with Crippen LogP contribution in [-0.2, 0) is 11.3 Å². The summed E-state index contributed by atoms with van der Waals surface area (Å²) < 4.78 is 0. The standard InChI is InChI=1S/C22H28N4O2/c1-17-7-9-19(10-8-17)15-25-11-13-26(14-12-25)16-22(28)24-23-18(2)20-5-3-4-6-21(20)27/h3-10,23,27H,2,11-16H2,1H3,(H,24,28)/p+2. The van der Waals surface area contributed by atoms with Gasteiger partial charge in [0.1, 0.15) is 38.5 Å². The van der Waals surface area contributed by atoms with Crippen LogP contribution in [0.25, 0.3) is 5.70 Å². The number of hydrogen-bond donors (Lipinski definition) is 5. The molecule has 1 amide bonds. The molecule has 28 heavy (non-hydrogen) atoms. The Morgan fingerprint density at radius 3 is 2.32 bits per heavy atom. The number of quaternary nitrogens is 2. The number of hydrogen-bond acceptors (Lipinski definition) is 3. The number of carbonyl (C=O) groups excluding carboxylic acids is 1. The molecule has 6 nitrogen and oxygen atoms in total. The van der Waals surface area contributed by atoms with E-state index < -0.39 is 0 Å². The fraction of sp³-hybridized carbons (Fsp3) is 0.318. The zero-order chi connectivity index (χ0) is 19.9. The Bertz CT molecular complexity index is 812. The largest absolute Gasteiger partial charge is 0.507 e. The first kappa shape index (κ1) is 19.9. The van der Waals surface area contributed by atoms with Gasteiger partial charge in [-0.05, 0) is 19.1 Å². The lowest BCUT2D eigenvalue weighted by Gasteiger charge is -2.29. The van der Waals surface area contributed by atoms with E-state index in [-0.39, 0.29) is 11.7 Å². The molecule has 6 heteroatoms. The van der Waals surface area contributed by atoms with Crippen LogP contribution in [0.5, 0.6) is 5.75 Å². The minimum atomic E-state index is -0.0754. The molecule has 0 saturated carbocycles. The van der Waals surface area contributed by atoms with Crippen LogP contribution >= 0.6 is 0 Å². The van der Waals surface area contributed by atoms with E-state index in [4.69, 9.17) is 0 Å². The van der Waals surface area contributed by atoms with Crippen molar-refractivity contribution in [3.8, 4) is 5.75 Å². The number of carbonyl (C=O) groups is 1. The predicted octanol–water partition coefficient (Wildman–Crippen LogP) is -0.724. The third-order valence-electron chi connectivity index (χ3n) is 5.23. The summed E-state index contributed by atoms with van der Waals surface area (Å²) in [5.74, 6) is 0.0566. The van der Waals surface area contributed by atoms with E-state index in [1.54, 1.807) is 23.1 Å². The van der Waals surface area contributed by atoms with Crippen LogP contribution in [-0.4, -0.2) is 43.7 Å². The normalized spacial score (nSPS) is 19.0. The second-order valence-corrected chi connectivity index (χ2v) is 7.51. The highest BCUT2D eigenvalue weighted by atomic mass is 16.3. The third-order valence-corrected chi connectivity index (χ3v) is 5.23. The first-order valence-corrected chi connectivity index (χ1v) is 9.76. The molecule has 0 aliphatic carbocycles. The smallest absolute Gasteiger partial charge is 0.293 e. The second kappa shape index (κ2) is 9.39. The van der Waals surface area contributed by atoms with Crippen LogP contribution in [0.4, 0.5) is 0 Å². The molecule has 0 aromatic heterocycles. The number of rotatable bonds is 7. The van der Waals surface area contributed by atoms with Gasteiger partial charge < -0.3 is 14.9 Å². The zero-order valence-corrected chi connectivity index (χ0v) is 16.4. The first-order chi connectivity index (χ1) is 13.5. The SMILES string of the molecule is C=C(NNC(=O)C[NH+]1CC[NH+](Cc2ccc(C)cc2)CC1)c1ccccc1O. The van der Waals surface area contributed by atoms with E-state index in [0.29, 0.717) is 17.8 Å². The monoisotopic (exact) mass is 382 g/mol. The molecule has 1 saturated heterocycles. The lowest BCUT2D eigenvalue weighted by Crippen LogP contribution is -3.28. The number of amides is 1. The highest BCUT2D eigenvalue weighted by Crippen LogP contribution is 2.20. The molecule has 1 aliphatic heterocycles. The highest BCUT2D eigenvalue weighted by Gasteiger charge is 2.24. The molecule has 0 bridgehead atoms. The summed E-state index contributed by atoms with van der Waals surface area (Å²) in [5.41, 5.74) is 9.18. The van der Waals surface area contributed by atoms with Gasteiger partial charge in [-0.2, -0.15) is 0 Å². The van der Waals surface area contributed by atoms with E-state index in [9.17, 15) is 9.90 Å². The molecule has 2 aromatic carbocycles. The van der Waals surface area contributed by atoms with Gasteiger partial charge in [0.25, 0.3) is 5.91 Å². The first-order valence-electron chi connectivity index (χ1n) is 9.76. The summed E-state index contributed by atoms with van der Waals surface area (Å²) in [6.45, 7) is 11.5. The Balaban J connectivity index is 1.38. The molecule has 2 aromatic rings. The molecule has 0 radical (unpaired) electrons. The average Bonchev–Trinajstić information content (AvgIpc) is 2.70. The lowest BCUT2D eigenvalue weighted by atomic mass is 10.1. The van der Waals surface area contributed by atoms with Crippen molar-refractivity contribution in [2.45, 2.75) is 13.5 Å². The molecule has 0 unspecified atom stereocenters. The van der Waals surface area contributed by atoms with E-state index in [1.165, 1.54) is 16.0 Å². The molecule has 1 aliphatic rings. The minimum absolute atomic E-state index is 0.0754. The lowest BCUT2D eigenvalue weighted by molar-refractivity contribution is -1.02. The maximum absolute atomic E-state index is 12.2. The van der Waals surface area contributed by atoms with Crippen LogP contribution in [0, 0.1) is 6.92 Å². The molecular weight excluding hydrogens is 352 g/mol. The summed E-state index contributed by atoms with van der Waals surface area (Å²) in [6, 6.07) is 15.6. The van der Waals surface area contributed by atoms with E-state index in [0.717, 1.165) is 32.7 Å². The Hall–Kier alpha value is -2.83. The van der Waals surface area contributed by atoms with Crippen molar-refractivity contribution in [1.82, 2.24) is 10.9 Å². The van der Waals surface area contributed by atoms with Crippen molar-refractivity contribution in [2.75, 3.05) is 32.7 Å². The second-order valence-electron chi connectivity index (χ2n) is 7.51. The molecule has 1 fully saturated rings. The van der Waals surface area contributed by atoms with Crippen LogP contribution < -0.4 is 20.7 Å². The fourth-order valence-electron chi connectivity index (χ4n) is 3.52. The number of para-hydroxylation sites is 1. The van der Waals surface area contributed by atoms with Crippen LogP contribution in [0.3, 0.4) is 0 Å². The third kappa shape index (κ3) is 5.58. The van der Waals surface area contributed by atoms with Crippen molar-refractivity contribution >= 4 is 11.6 Å². The van der Waals surface area contributed by atoms with Gasteiger partial charge in [-0.25, -0.2) is 0 Å². The van der Waals surface area contributed by atoms with Gasteiger partial charge in [-0.1, -0.05) is 48.5 Å². The van der Waals surface area contributed by atoms with Gasteiger partial charge in [0.2, 0.25) is 0 Å². The topological polar surface area (TPSA) is 70.2 Å². The Morgan fingerprint density at radius 2 is 1.64 bits per heavy atom. The number of aromatic hydroxyl groups is 1. The van der Waals surface area contributed by atoms with Gasteiger partial charge in [0, 0.05) is 11.1 Å². The van der Waals surface area contributed by atoms with Crippen molar-refractivity contribution in [2.24, 2.45) is 0 Å². The van der Waals surface area contributed by atoms with Gasteiger partial charge in [-0.3, -0.25) is 15.6 Å². The Kier molecular flexibility index (Phi) is 6.68. The van der Waals surface area contributed by atoms with Gasteiger partial charge >= 0.3 is 0 Å². The average molecular weight is 383 g/mol. The number of nitrogens with one attached hydrogen (secondary N) is 4. The maximum atomic E-state index is 12.2. The summed E-state index contributed by atoms with van der Waals surface area (Å²) >= 11 is 0. The van der Waals surface area contributed by atoms with Gasteiger partial charge in [0.05, 0.1) is 5.70 Å². The number of hydrazine groups is 1. The number of phenols is 1. The molecule has 0 spiro atoms. The van der Waals surface area contributed by atoms with Gasteiger partial charge in [-0.15, -0.1) is 0 Å². The summed E-state index contributed by atoms with van der Waals surface area (Å²) in [4.78, 5) is 15.1. The molecule has 1 heterocycles. The Labute approximate surface area is 166 Å². The fourth-order valence-corrected chi connectivity index (χ4v) is 3.52. The van der Waals surface area contributed by atoms with Crippen molar-refractivity contribution in [1.29, 1.82) is 0 Å². The summed E-state index contributed by atoms with van der Waals surface area (Å²) in [7, 11) is 0. The summed E-state index contributed by atoms with van der Waals surface area (Å²) in [6.07, 6.45) is 0. The number of aryl methyl sites for hydroxylation is 1. The van der Waals surface area contributed by atoms with E-state index in [2.05, 4.69) is 48.6 Å². The van der Waals surface area contributed by atoms with Crippen LogP contribution in [0.15, 0.2) is 55.1 Å². The molecule has 3 rings (SSSR count). The van der Waals surface area contributed by atoms with E-state index >= 15 is 0 Å². The molecule has 0 atom stereocenters. The molecule has 148 valence electrons. The maximum Gasteiger partial charge on any atom is 0.293 e. The minimum Gasteiger partial charge on any atom is -0.507 e. The van der Waals surface area contributed by atoms with Gasteiger partial charge in [0.15, 0.2) is 6.54 Å². The number of benzene rings is 2. The predicted molar refractivity (Wildman–Crippen MR) is 110 cm³/mol. The van der Waals surface area contributed by atoms with Crippen molar-refractivity contribution < 1.29 is 19.7 Å². The van der Waals surface area contributed by atoms with Crippen LogP contribution in [0.2, 0.25) is 0 Å². The quantitative estimate of drug-likeness (QED) is 0.411. The zero-order valence-electron chi connectivity index (χ0n) is 16.4. The highest BCUT2D eigenvalue weighted by molar-refractivity contribution is 5.78. The van der Waals surface area contributed by atoms with Crippen LogP contribution in [0.1, 0.15) is 16.7 Å². The van der Waals surface area contributed by atoms with Crippen molar-refractivity contribution in [3.63, 3.8) is 0 Å². The number of piperazine rings is 1.